The molecule has 10 heteroatoms. The second-order valence-electron chi connectivity index (χ2n) is 6.01. The van der Waals surface area contributed by atoms with Crippen molar-refractivity contribution in [3.63, 3.8) is 0 Å². The fourth-order valence-electron chi connectivity index (χ4n) is 2.75. The Balaban J connectivity index is 1.78. The topological polar surface area (TPSA) is 113 Å². The number of fused-ring (bicyclic) bond motifs is 1. The summed E-state index contributed by atoms with van der Waals surface area (Å²) in [4.78, 5) is 40.6. The summed E-state index contributed by atoms with van der Waals surface area (Å²) in [7, 11) is 2.89. The van der Waals surface area contributed by atoms with Crippen LogP contribution < -0.4 is 21.4 Å². The standard InChI is InChI=1S/C18H20N6O4/c1-4-28-13-8-6-5-7-12(13)9-20-21-14(25)10-24-11-19-16-15(24)17(26)23(3)18(27)22(16)2/h5-9,11H,4,10H2,1-3H3,(H,21,25)/b20-9+. The number of nitrogens with one attached hydrogen (secondary N) is 1. The molecule has 1 amide bonds. The molecule has 0 radical (unpaired) electrons. The molecular weight excluding hydrogens is 364 g/mol. The van der Waals surface area contributed by atoms with Gasteiger partial charge in [-0.1, -0.05) is 12.1 Å². The molecule has 0 saturated heterocycles. The van der Waals surface area contributed by atoms with Gasteiger partial charge in [0.05, 0.1) is 19.1 Å². The maximum Gasteiger partial charge on any atom is 0.332 e. The van der Waals surface area contributed by atoms with Gasteiger partial charge in [-0.05, 0) is 19.1 Å². The van der Waals surface area contributed by atoms with Gasteiger partial charge in [0.25, 0.3) is 11.5 Å². The van der Waals surface area contributed by atoms with Crippen molar-refractivity contribution >= 4 is 23.3 Å². The van der Waals surface area contributed by atoms with E-state index in [2.05, 4.69) is 15.5 Å². The van der Waals surface area contributed by atoms with E-state index < -0.39 is 17.2 Å². The number of para-hydroxylation sites is 1. The van der Waals surface area contributed by atoms with Crippen LogP contribution in [0.2, 0.25) is 0 Å². The zero-order chi connectivity index (χ0) is 20.3. The molecule has 3 aromatic rings. The van der Waals surface area contributed by atoms with Gasteiger partial charge in [-0.2, -0.15) is 5.10 Å². The van der Waals surface area contributed by atoms with Gasteiger partial charge in [0.2, 0.25) is 0 Å². The number of hydrogen-bond donors (Lipinski definition) is 1. The van der Waals surface area contributed by atoms with Crippen LogP contribution >= 0.6 is 0 Å². The van der Waals surface area contributed by atoms with Crippen LogP contribution in [0, 0.1) is 0 Å². The van der Waals surface area contributed by atoms with Crippen LogP contribution in [0.15, 0.2) is 45.3 Å². The Bertz CT molecular complexity index is 1170. The number of aromatic nitrogens is 4. The summed E-state index contributed by atoms with van der Waals surface area (Å²) in [5.74, 6) is 0.216. The lowest BCUT2D eigenvalue weighted by molar-refractivity contribution is -0.121. The van der Waals surface area contributed by atoms with E-state index in [1.54, 1.807) is 0 Å². The van der Waals surface area contributed by atoms with Crippen molar-refractivity contribution in [2.75, 3.05) is 6.61 Å². The summed E-state index contributed by atoms with van der Waals surface area (Å²) in [6.07, 6.45) is 2.83. The van der Waals surface area contributed by atoms with Crippen LogP contribution in [0.3, 0.4) is 0 Å². The number of ether oxygens (including phenoxy) is 1. The van der Waals surface area contributed by atoms with E-state index in [0.717, 1.165) is 10.1 Å². The summed E-state index contributed by atoms with van der Waals surface area (Å²) in [6, 6.07) is 7.31. The minimum absolute atomic E-state index is 0.172. The number of aryl methyl sites for hydroxylation is 1. The average molecular weight is 384 g/mol. The SMILES string of the molecule is CCOc1ccccc1/C=N/NC(=O)Cn1cnc2c1c(=O)n(C)c(=O)n2C. The maximum atomic E-state index is 12.4. The summed E-state index contributed by atoms with van der Waals surface area (Å²) < 4.78 is 9.11. The molecule has 3 rings (SSSR count). The molecule has 0 aliphatic carbocycles. The van der Waals surface area contributed by atoms with E-state index in [1.807, 2.05) is 31.2 Å². The van der Waals surface area contributed by atoms with E-state index in [9.17, 15) is 14.4 Å². The number of amides is 1. The molecule has 0 fully saturated rings. The zero-order valence-corrected chi connectivity index (χ0v) is 15.7. The van der Waals surface area contributed by atoms with Crippen molar-refractivity contribution in [1.82, 2.24) is 24.1 Å². The monoisotopic (exact) mass is 384 g/mol. The normalized spacial score (nSPS) is 11.2. The highest BCUT2D eigenvalue weighted by atomic mass is 16.5. The lowest BCUT2D eigenvalue weighted by Gasteiger charge is -2.07. The number of hydrazone groups is 1. The van der Waals surface area contributed by atoms with Crippen LogP contribution in [-0.4, -0.2) is 37.4 Å². The Morgan fingerprint density at radius 2 is 2.00 bits per heavy atom. The molecule has 0 bridgehead atoms. The van der Waals surface area contributed by atoms with E-state index in [4.69, 9.17) is 4.74 Å². The Hall–Kier alpha value is -3.69. The van der Waals surface area contributed by atoms with Crippen LogP contribution in [-0.2, 0) is 25.4 Å². The van der Waals surface area contributed by atoms with Gasteiger partial charge in [0.1, 0.15) is 12.3 Å². The third kappa shape index (κ3) is 3.56. The summed E-state index contributed by atoms with van der Waals surface area (Å²) in [6.45, 7) is 2.22. The van der Waals surface area contributed by atoms with Crippen LogP contribution in [0.5, 0.6) is 5.75 Å². The Kier molecular flexibility index (Phi) is 5.39. The first kappa shape index (κ1) is 19.1. The van der Waals surface area contributed by atoms with Crippen molar-refractivity contribution < 1.29 is 9.53 Å². The summed E-state index contributed by atoms with van der Waals surface area (Å²) in [5, 5.41) is 3.94. The molecule has 0 aliphatic heterocycles. The molecule has 0 atom stereocenters. The fraction of sp³-hybridized carbons (Fsp3) is 0.278. The second-order valence-corrected chi connectivity index (χ2v) is 6.01. The number of carbonyl (C=O) groups excluding carboxylic acids is 1. The predicted molar refractivity (Wildman–Crippen MR) is 104 cm³/mol. The van der Waals surface area contributed by atoms with Crippen molar-refractivity contribution in [3.8, 4) is 5.75 Å². The number of rotatable bonds is 6. The van der Waals surface area contributed by atoms with E-state index in [0.29, 0.717) is 12.4 Å². The third-order valence-electron chi connectivity index (χ3n) is 4.14. The van der Waals surface area contributed by atoms with Gasteiger partial charge in [-0.3, -0.25) is 18.7 Å². The smallest absolute Gasteiger partial charge is 0.332 e. The van der Waals surface area contributed by atoms with Gasteiger partial charge in [-0.15, -0.1) is 0 Å². The first-order valence-corrected chi connectivity index (χ1v) is 8.58. The number of benzene rings is 1. The molecule has 0 aliphatic rings. The molecular formula is C18H20N6O4. The Morgan fingerprint density at radius 3 is 2.75 bits per heavy atom. The first-order chi connectivity index (χ1) is 13.4. The quantitative estimate of drug-likeness (QED) is 0.474. The van der Waals surface area contributed by atoms with Gasteiger partial charge >= 0.3 is 5.69 Å². The van der Waals surface area contributed by atoms with Crippen molar-refractivity contribution in [1.29, 1.82) is 0 Å². The molecule has 0 saturated carbocycles. The van der Waals surface area contributed by atoms with Crippen molar-refractivity contribution in [2.24, 2.45) is 19.2 Å². The molecule has 10 nitrogen and oxygen atoms in total. The van der Waals surface area contributed by atoms with Crippen LogP contribution in [0.1, 0.15) is 12.5 Å². The van der Waals surface area contributed by atoms with Crippen molar-refractivity contribution in [3.05, 3.63) is 57.0 Å². The Labute approximate surface area is 159 Å². The van der Waals surface area contributed by atoms with E-state index >= 15 is 0 Å². The van der Waals surface area contributed by atoms with Gasteiger partial charge in [0.15, 0.2) is 11.2 Å². The second kappa shape index (κ2) is 7.91. The fourth-order valence-corrected chi connectivity index (χ4v) is 2.75. The zero-order valence-electron chi connectivity index (χ0n) is 15.7. The lowest BCUT2D eigenvalue weighted by Crippen LogP contribution is -2.38. The number of carbonyl (C=O) groups is 1. The van der Waals surface area contributed by atoms with E-state index in [1.165, 1.54) is 35.8 Å². The van der Waals surface area contributed by atoms with Crippen LogP contribution in [0.25, 0.3) is 11.2 Å². The molecule has 2 aromatic heterocycles. The van der Waals surface area contributed by atoms with Gasteiger partial charge in [0, 0.05) is 19.7 Å². The number of hydrogen-bond acceptors (Lipinski definition) is 6. The first-order valence-electron chi connectivity index (χ1n) is 8.58. The highest BCUT2D eigenvalue weighted by molar-refractivity contribution is 5.85. The lowest BCUT2D eigenvalue weighted by atomic mass is 10.2. The van der Waals surface area contributed by atoms with Crippen LogP contribution in [0.4, 0.5) is 0 Å². The maximum absolute atomic E-state index is 12.4. The summed E-state index contributed by atoms with van der Waals surface area (Å²) >= 11 is 0. The minimum atomic E-state index is -0.516. The predicted octanol–water partition coefficient (Wildman–Crippen LogP) is -0.0173. The highest BCUT2D eigenvalue weighted by Crippen LogP contribution is 2.15. The molecule has 1 aromatic carbocycles. The number of imidazole rings is 1. The molecule has 146 valence electrons. The Morgan fingerprint density at radius 1 is 1.25 bits per heavy atom. The largest absolute Gasteiger partial charge is 0.493 e. The molecule has 0 unspecified atom stereocenters. The molecule has 28 heavy (non-hydrogen) atoms. The number of nitrogens with zero attached hydrogens (tertiary/aromatic N) is 5. The molecule has 2 heterocycles. The minimum Gasteiger partial charge on any atom is -0.493 e. The molecule has 0 spiro atoms. The van der Waals surface area contributed by atoms with Gasteiger partial charge < -0.3 is 9.30 Å². The van der Waals surface area contributed by atoms with Crippen molar-refractivity contribution in [2.45, 2.75) is 13.5 Å². The van der Waals surface area contributed by atoms with E-state index in [-0.39, 0.29) is 17.7 Å². The molecule has 1 N–H and O–H groups in total. The summed E-state index contributed by atoms with van der Waals surface area (Å²) in [5.41, 5.74) is 2.53. The van der Waals surface area contributed by atoms with Gasteiger partial charge in [-0.25, -0.2) is 15.2 Å². The average Bonchev–Trinajstić information content (AvgIpc) is 3.10. The highest BCUT2D eigenvalue weighted by Gasteiger charge is 2.15. The third-order valence-corrected chi connectivity index (χ3v) is 4.14.